The molecule has 2 atom stereocenters. The van der Waals surface area contributed by atoms with Crippen molar-refractivity contribution in [3.8, 4) is 0 Å². The summed E-state index contributed by atoms with van der Waals surface area (Å²) in [5, 5.41) is 13.6. The second kappa shape index (κ2) is 4.82. The summed E-state index contributed by atoms with van der Waals surface area (Å²) in [6.45, 7) is 3.83. The highest BCUT2D eigenvalue weighted by Crippen LogP contribution is 2.63. The maximum absolute atomic E-state index is 9.14. The lowest BCUT2D eigenvalue weighted by atomic mass is 9.48. The molecular weight excluding hydrogens is 264 g/mol. The molecule has 4 aliphatic carbocycles. The van der Waals surface area contributed by atoms with Crippen molar-refractivity contribution in [1.82, 2.24) is 9.78 Å². The van der Waals surface area contributed by atoms with Crippen LogP contribution < -0.4 is 0 Å². The van der Waals surface area contributed by atoms with Crippen molar-refractivity contribution in [2.24, 2.45) is 17.3 Å². The van der Waals surface area contributed by atoms with Crippen LogP contribution in [0.15, 0.2) is 12.3 Å². The van der Waals surface area contributed by atoms with Crippen LogP contribution in [-0.4, -0.2) is 33.7 Å². The van der Waals surface area contributed by atoms with Gasteiger partial charge in [0.05, 0.1) is 18.8 Å². The van der Waals surface area contributed by atoms with Gasteiger partial charge in [0.2, 0.25) is 0 Å². The molecule has 0 aliphatic heterocycles. The lowest BCUT2D eigenvalue weighted by Crippen LogP contribution is -2.58. The first-order valence-electron chi connectivity index (χ1n) is 8.35. The summed E-state index contributed by atoms with van der Waals surface area (Å²) in [6.07, 6.45) is 9.57. The van der Waals surface area contributed by atoms with E-state index in [0.717, 1.165) is 24.8 Å². The molecule has 2 unspecified atom stereocenters. The van der Waals surface area contributed by atoms with Gasteiger partial charge < -0.3 is 9.84 Å². The fourth-order valence-corrected chi connectivity index (χ4v) is 5.86. The molecule has 21 heavy (non-hydrogen) atoms. The van der Waals surface area contributed by atoms with Crippen LogP contribution in [0.4, 0.5) is 0 Å². The third-order valence-electron chi connectivity index (χ3n) is 6.04. The average Bonchev–Trinajstić information content (AvgIpc) is 2.80. The van der Waals surface area contributed by atoms with Crippen molar-refractivity contribution in [1.29, 1.82) is 0 Å². The molecule has 0 saturated heterocycles. The van der Waals surface area contributed by atoms with E-state index < -0.39 is 0 Å². The number of rotatable bonds is 5. The van der Waals surface area contributed by atoms with Crippen LogP contribution in [0.25, 0.3) is 0 Å². The topological polar surface area (TPSA) is 47.3 Å². The molecular formula is C17H26N2O2. The highest BCUT2D eigenvalue weighted by molar-refractivity contribution is 5.10. The van der Waals surface area contributed by atoms with Gasteiger partial charge in [-0.3, -0.25) is 4.68 Å². The standard InChI is InChI=1S/C17H26N2O2/c1-13-2-3-18-19(13)12-16-7-14-6-15(8-16)10-17(9-14,11-16)21-5-4-20/h2-3,14-15,20H,4-12H2,1H3. The van der Waals surface area contributed by atoms with Gasteiger partial charge in [0.15, 0.2) is 0 Å². The number of aliphatic hydroxyl groups is 1. The summed E-state index contributed by atoms with van der Waals surface area (Å²) in [7, 11) is 0. The zero-order valence-corrected chi connectivity index (χ0v) is 12.9. The van der Waals surface area contributed by atoms with Gasteiger partial charge in [-0.15, -0.1) is 0 Å². The number of aromatic nitrogens is 2. The molecule has 1 heterocycles. The van der Waals surface area contributed by atoms with Crippen LogP contribution in [0, 0.1) is 24.2 Å². The van der Waals surface area contributed by atoms with E-state index in [2.05, 4.69) is 22.8 Å². The first kappa shape index (κ1) is 13.8. The Kier molecular flexibility index (Phi) is 3.16. The summed E-state index contributed by atoms with van der Waals surface area (Å²) in [5.74, 6) is 1.64. The summed E-state index contributed by atoms with van der Waals surface area (Å²) in [4.78, 5) is 0. The second-order valence-corrected chi connectivity index (χ2v) is 7.85. The summed E-state index contributed by atoms with van der Waals surface area (Å²) in [6, 6.07) is 2.10. The average molecular weight is 290 g/mol. The van der Waals surface area contributed by atoms with Gasteiger partial charge in [0, 0.05) is 18.4 Å². The maximum atomic E-state index is 9.14. The highest BCUT2D eigenvalue weighted by atomic mass is 16.5. The fraction of sp³-hybridized carbons (Fsp3) is 0.824. The van der Waals surface area contributed by atoms with Gasteiger partial charge in [-0.05, 0) is 68.8 Å². The van der Waals surface area contributed by atoms with Crippen LogP contribution >= 0.6 is 0 Å². The summed E-state index contributed by atoms with van der Waals surface area (Å²) >= 11 is 0. The molecule has 4 fully saturated rings. The van der Waals surface area contributed by atoms with Crippen LogP contribution in [-0.2, 0) is 11.3 Å². The molecule has 1 aromatic heterocycles. The van der Waals surface area contributed by atoms with E-state index in [1.165, 1.54) is 37.8 Å². The molecule has 4 aliphatic rings. The summed E-state index contributed by atoms with van der Waals surface area (Å²) in [5.41, 5.74) is 1.68. The van der Waals surface area contributed by atoms with E-state index in [0.29, 0.717) is 12.0 Å². The quantitative estimate of drug-likeness (QED) is 0.906. The Bertz CT molecular complexity index is 511. The van der Waals surface area contributed by atoms with Gasteiger partial charge in [0.1, 0.15) is 0 Å². The number of hydrogen-bond acceptors (Lipinski definition) is 3. The minimum atomic E-state index is 0.0495. The van der Waals surface area contributed by atoms with Gasteiger partial charge in [-0.2, -0.15) is 5.10 Å². The zero-order valence-electron chi connectivity index (χ0n) is 12.9. The zero-order chi connectivity index (χ0) is 14.5. The Morgan fingerprint density at radius 1 is 1.33 bits per heavy atom. The van der Waals surface area contributed by atoms with Gasteiger partial charge in [-0.25, -0.2) is 0 Å². The third kappa shape index (κ3) is 2.33. The van der Waals surface area contributed by atoms with E-state index in [-0.39, 0.29) is 12.2 Å². The molecule has 1 N–H and O–H groups in total. The first-order chi connectivity index (χ1) is 10.1. The molecule has 4 saturated carbocycles. The first-order valence-corrected chi connectivity index (χ1v) is 8.35. The van der Waals surface area contributed by atoms with E-state index in [9.17, 15) is 0 Å². The fourth-order valence-electron chi connectivity index (χ4n) is 5.86. The molecule has 116 valence electrons. The molecule has 4 bridgehead atoms. The Balaban J connectivity index is 1.59. The largest absolute Gasteiger partial charge is 0.394 e. The number of hydrogen-bond donors (Lipinski definition) is 1. The molecule has 0 spiro atoms. The Morgan fingerprint density at radius 2 is 2.10 bits per heavy atom. The van der Waals surface area contributed by atoms with E-state index >= 15 is 0 Å². The predicted octanol–water partition coefficient (Wildman–Crippen LogP) is 2.54. The molecule has 5 rings (SSSR count). The Morgan fingerprint density at radius 3 is 2.71 bits per heavy atom. The van der Waals surface area contributed by atoms with Crippen molar-refractivity contribution >= 4 is 0 Å². The van der Waals surface area contributed by atoms with E-state index in [1.54, 1.807) is 0 Å². The number of ether oxygens (including phenoxy) is 1. The third-order valence-corrected chi connectivity index (χ3v) is 6.04. The van der Waals surface area contributed by atoms with Crippen LogP contribution in [0.3, 0.4) is 0 Å². The Labute approximate surface area is 126 Å². The van der Waals surface area contributed by atoms with E-state index in [1.807, 2.05) is 6.20 Å². The van der Waals surface area contributed by atoms with Crippen molar-refractivity contribution in [3.05, 3.63) is 18.0 Å². The molecule has 0 radical (unpaired) electrons. The second-order valence-electron chi connectivity index (χ2n) is 7.85. The minimum Gasteiger partial charge on any atom is -0.394 e. The normalized spacial score (nSPS) is 40.9. The maximum Gasteiger partial charge on any atom is 0.0705 e. The smallest absolute Gasteiger partial charge is 0.0705 e. The molecule has 0 amide bonds. The summed E-state index contributed by atoms with van der Waals surface area (Å²) < 4.78 is 8.37. The predicted molar refractivity (Wildman–Crippen MR) is 79.8 cm³/mol. The van der Waals surface area contributed by atoms with Gasteiger partial charge in [-0.1, -0.05) is 0 Å². The van der Waals surface area contributed by atoms with Crippen molar-refractivity contribution in [3.63, 3.8) is 0 Å². The molecule has 4 nitrogen and oxygen atoms in total. The number of aryl methyl sites for hydroxylation is 1. The van der Waals surface area contributed by atoms with Gasteiger partial charge >= 0.3 is 0 Å². The van der Waals surface area contributed by atoms with Crippen molar-refractivity contribution < 1.29 is 9.84 Å². The number of aliphatic hydroxyl groups excluding tert-OH is 1. The molecule has 0 aromatic carbocycles. The number of nitrogens with zero attached hydrogens (tertiary/aromatic N) is 2. The van der Waals surface area contributed by atoms with Crippen LogP contribution in [0.5, 0.6) is 0 Å². The Hall–Kier alpha value is -0.870. The lowest BCUT2D eigenvalue weighted by Gasteiger charge is -2.61. The highest BCUT2D eigenvalue weighted by Gasteiger charge is 2.58. The SMILES string of the molecule is Cc1ccnn1CC12CC3CC(C1)CC(OCCO)(C3)C2. The monoisotopic (exact) mass is 290 g/mol. The van der Waals surface area contributed by atoms with Crippen molar-refractivity contribution in [2.45, 2.75) is 57.6 Å². The van der Waals surface area contributed by atoms with E-state index in [4.69, 9.17) is 9.84 Å². The molecule has 1 aromatic rings. The minimum absolute atomic E-state index is 0.0495. The van der Waals surface area contributed by atoms with Gasteiger partial charge in [0.25, 0.3) is 0 Å². The van der Waals surface area contributed by atoms with Crippen LogP contribution in [0.2, 0.25) is 0 Å². The lowest BCUT2D eigenvalue weighted by molar-refractivity contribution is -0.199. The molecule has 4 heteroatoms. The van der Waals surface area contributed by atoms with Crippen molar-refractivity contribution in [2.75, 3.05) is 13.2 Å². The van der Waals surface area contributed by atoms with Crippen LogP contribution in [0.1, 0.15) is 44.2 Å².